The van der Waals surface area contributed by atoms with Crippen LogP contribution in [0.4, 0.5) is 11.4 Å². The predicted molar refractivity (Wildman–Crippen MR) is 127 cm³/mol. The molecule has 2 amide bonds. The third kappa shape index (κ3) is 4.87. The van der Waals surface area contributed by atoms with Crippen molar-refractivity contribution in [2.45, 2.75) is 12.8 Å². The summed E-state index contributed by atoms with van der Waals surface area (Å²) in [4.78, 5) is 23.9. The molecule has 0 saturated heterocycles. The molecule has 1 aliphatic rings. The molecule has 0 unspecified atom stereocenters. The van der Waals surface area contributed by atoms with Gasteiger partial charge in [-0.05, 0) is 70.6 Å². The summed E-state index contributed by atoms with van der Waals surface area (Å²) in [6.07, 6.45) is 3.32. The smallest absolute Gasteiger partial charge is 0.238 e. The molecule has 4 rings (SSSR count). The van der Waals surface area contributed by atoms with Gasteiger partial charge in [0, 0.05) is 11.4 Å². The minimum absolute atomic E-state index is 0.0691. The molecule has 4 N–H and O–H groups in total. The summed E-state index contributed by atoms with van der Waals surface area (Å²) in [6, 6.07) is 21.2. The van der Waals surface area contributed by atoms with E-state index in [4.69, 9.17) is 10.5 Å². The van der Waals surface area contributed by atoms with E-state index < -0.39 is 0 Å². The molecular formula is C26H25N3O3. The third-order valence-electron chi connectivity index (χ3n) is 5.40. The number of fused-ring (bicyclic) bond motifs is 1. The van der Waals surface area contributed by atoms with E-state index in [0.717, 1.165) is 40.1 Å². The van der Waals surface area contributed by atoms with E-state index in [1.165, 1.54) is 5.56 Å². The van der Waals surface area contributed by atoms with Crippen molar-refractivity contribution in [2.24, 2.45) is 5.73 Å². The van der Waals surface area contributed by atoms with E-state index in [2.05, 4.69) is 22.8 Å². The van der Waals surface area contributed by atoms with Crippen LogP contribution < -0.4 is 21.1 Å². The minimum atomic E-state index is -0.254. The number of benzene rings is 3. The number of anilines is 2. The van der Waals surface area contributed by atoms with Gasteiger partial charge in [0.25, 0.3) is 0 Å². The van der Waals surface area contributed by atoms with Crippen molar-refractivity contribution in [1.82, 2.24) is 0 Å². The zero-order valence-electron chi connectivity index (χ0n) is 17.9. The Labute approximate surface area is 187 Å². The number of rotatable bonds is 7. The zero-order chi connectivity index (χ0) is 22.5. The molecule has 0 saturated carbocycles. The fourth-order valence-corrected chi connectivity index (χ4v) is 3.76. The summed E-state index contributed by atoms with van der Waals surface area (Å²) < 4.78 is 5.25. The van der Waals surface area contributed by atoms with Gasteiger partial charge in [0.05, 0.1) is 20.1 Å². The number of hydrogen-bond donors (Lipinski definition) is 3. The summed E-state index contributed by atoms with van der Waals surface area (Å²) in [5.41, 5.74) is 12.2. The number of carbonyl (C=O) groups is 2. The molecule has 0 heterocycles. The lowest BCUT2D eigenvalue weighted by molar-refractivity contribution is -0.116. The van der Waals surface area contributed by atoms with E-state index >= 15 is 0 Å². The number of methoxy groups -OCH3 is 1. The molecule has 0 bridgehead atoms. The minimum Gasteiger partial charge on any atom is -0.497 e. The molecule has 0 aromatic heterocycles. The van der Waals surface area contributed by atoms with Crippen molar-refractivity contribution >= 4 is 28.8 Å². The van der Waals surface area contributed by atoms with Crippen molar-refractivity contribution in [3.05, 3.63) is 95.1 Å². The Morgan fingerprint density at radius 3 is 2.28 bits per heavy atom. The van der Waals surface area contributed by atoms with Gasteiger partial charge in [0.2, 0.25) is 11.8 Å². The number of ether oxygens (including phenoxy) is 1. The Balaban J connectivity index is 1.42. The Morgan fingerprint density at radius 1 is 0.906 bits per heavy atom. The van der Waals surface area contributed by atoms with Crippen LogP contribution in [0.25, 0.3) is 5.57 Å². The number of carbonyl (C=O) groups excluding carboxylic acids is 2. The van der Waals surface area contributed by atoms with E-state index in [1.807, 2.05) is 48.5 Å². The highest BCUT2D eigenvalue weighted by atomic mass is 16.5. The van der Waals surface area contributed by atoms with E-state index in [0.29, 0.717) is 5.69 Å². The highest BCUT2D eigenvalue weighted by Gasteiger charge is 2.17. The Kier molecular flexibility index (Phi) is 6.33. The maximum absolute atomic E-state index is 12.6. The van der Waals surface area contributed by atoms with Crippen LogP contribution in [0.1, 0.15) is 22.3 Å². The molecule has 6 nitrogen and oxygen atoms in total. The Bertz CT molecular complexity index is 1170. The standard InChI is InChI=1S/C26H25N3O3/c1-32-22-11-5-18(6-12-22)23-13-7-19-4-10-21(15-24(19)23)29-25(30)14-17-2-8-20(9-3-17)28-26(31)16-27/h2-6,8-13,15H,7,14,16,27H2,1H3,(H,28,31)(H,29,30). The monoisotopic (exact) mass is 427 g/mol. The molecule has 3 aromatic carbocycles. The maximum atomic E-state index is 12.6. The first kappa shape index (κ1) is 21.3. The Morgan fingerprint density at radius 2 is 1.59 bits per heavy atom. The van der Waals surface area contributed by atoms with Gasteiger partial charge in [-0.25, -0.2) is 0 Å². The van der Waals surface area contributed by atoms with Gasteiger partial charge in [-0.2, -0.15) is 0 Å². The summed E-state index contributed by atoms with van der Waals surface area (Å²) in [6.45, 7) is -0.0691. The number of amides is 2. The molecule has 3 aromatic rings. The second kappa shape index (κ2) is 9.49. The lowest BCUT2D eigenvalue weighted by Crippen LogP contribution is -2.21. The van der Waals surface area contributed by atoms with E-state index in [1.54, 1.807) is 19.2 Å². The molecule has 1 aliphatic carbocycles. The first-order valence-corrected chi connectivity index (χ1v) is 10.4. The highest BCUT2D eigenvalue weighted by molar-refractivity contribution is 5.94. The third-order valence-corrected chi connectivity index (χ3v) is 5.40. The normalized spacial score (nSPS) is 12.0. The molecule has 6 heteroatoms. The van der Waals surface area contributed by atoms with Crippen molar-refractivity contribution in [1.29, 1.82) is 0 Å². The average molecular weight is 428 g/mol. The van der Waals surface area contributed by atoms with Gasteiger partial charge in [0.1, 0.15) is 5.75 Å². The van der Waals surface area contributed by atoms with Crippen LogP contribution in [0.2, 0.25) is 0 Å². The van der Waals surface area contributed by atoms with Crippen LogP contribution in [-0.4, -0.2) is 25.5 Å². The topological polar surface area (TPSA) is 93.5 Å². The number of hydrogen-bond acceptors (Lipinski definition) is 4. The average Bonchev–Trinajstić information content (AvgIpc) is 3.23. The van der Waals surface area contributed by atoms with Crippen LogP contribution in [-0.2, 0) is 22.4 Å². The lowest BCUT2D eigenvalue weighted by Gasteiger charge is -2.11. The van der Waals surface area contributed by atoms with Gasteiger partial charge >= 0.3 is 0 Å². The number of allylic oxidation sites excluding steroid dienone is 1. The van der Waals surface area contributed by atoms with E-state index in [9.17, 15) is 9.59 Å². The number of nitrogens with one attached hydrogen (secondary N) is 2. The molecule has 162 valence electrons. The molecule has 0 fully saturated rings. The highest BCUT2D eigenvalue weighted by Crippen LogP contribution is 2.35. The summed E-state index contributed by atoms with van der Waals surface area (Å²) in [5.74, 6) is 0.468. The molecule has 0 atom stereocenters. The maximum Gasteiger partial charge on any atom is 0.238 e. The van der Waals surface area contributed by atoms with Gasteiger partial charge in [-0.1, -0.05) is 36.4 Å². The van der Waals surface area contributed by atoms with Crippen LogP contribution >= 0.6 is 0 Å². The largest absolute Gasteiger partial charge is 0.497 e. The first-order chi connectivity index (χ1) is 15.6. The summed E-state index contributed by atoms with van der Waals surface area (Å²) in [7, 11) is 1.65. The van der Waals surface area contributed by atoms with Gasteiger partial charge in [-0.15, -0.1) is 0 Å². The quantitative estimate of drug-likeness (QED) is 0.535. The molecular weight excluding hydrogens is 402 g/mol. The SMILES string of the molecule is COc1ccc(C2=CCc3ccc(NC(=O)Cc4ccc(NC(=O)CN)cc4)cc32)cc1. The molecule has 32 heavy (non-hydrogen) atoms. The van der Waals surface area contributed by atoms with Crippen molar-refractivity contribution < 1.29 is 14.3 Å². The Hall–Kier alpha value is -3.90. The predicted octanol–water partition coefficient (Wildman–Crippen LogP) is 3.76. The zero-order valence-corrected chi connectivity index (χ0v) is 17.9. The molecule has 0 aliphatic heterocycles. The van der Waals surface area contributed by atoms with Gasteiger partial charge in [-0.3, -0.25) is 9.59 Å². The summed E-state index contributed by atoms with van der Waals surface area (Å²) >= 11 is 0. The second-order valence-corrected chi connectivity index (χ2v) is 7.60. The van der Waals surface area contributed by atoms with Crippen molar-refractivity contribution in [2.75, 3.05) is 24.3 Å². The van der Waals surface area contributed by atoms with Gasteiger partial charge in [0.15, 0.2) is 0 Å². The van der Waals surface area contributed by atoms with Crippen LogP contribution in [0, 0.1) is 0 Å². The lowest BCUT2D eigenvalue weighted by atomic mass is 9.98. The van der Waals surface area contributed by atoms with Crippen LogP contribution in [0.5, 0.6) is 5.75 Å². The second-order valence-electron chi connectivity index (χ2n) is 7.60. The van der Waals surface area contributed by atoms with Crippen molar-refractivity contribution in [3.8, 4) is 5.75 Å². The number of nitrogens with two attached hydrogens (primary N) is 1. The molecule has 0 spiro atoms. The fraction of sp³-hybridized carbons (Fsp3) is 0.154. The van der Waals surface area contributed by atoms with E-state index in [-0.39, 0.29) is 24.8 Å². The van der Waals surface area contributed by atoms with Crippen molar-refractivity contribution in [3.63, 3.8) is 0 Å². The fourth-order valence-electron chi connectivity index (χ4n) is 3.76. The van der Waals surface area contributed by atoms with Gasteiger partial charge < -0.3 is 21.1 Å². The molecule has 0 radical (unpaired) electrons. The van der Waals surface area contributed by atoms with Crippen LogP contribution in [0.15, 0.2) is 72.8 Å². The first-order valence-electron chi connectivity index (χ1n) is 10.4. The summed E-state index contributed by atoms with van der Waals surface area (Å²) in [5, 5.41) is 5.68. The van der Waals surface area contributed by atoms with Crippen LogP contribution in [0.3, 0.4) is 0 Å².